The maximum absolute atomic E-state index is 11.6. The molecule has 1 heterocycles. The average Bonchev–Trinajstić information content (AvgIpc) is 2.48. The molecule has 1 aromatic heterocycles. The van der Waals surface area contributed by atoms with Gasteiger partial charge in [-0.1, -0.05) is 15.9 Å². The van der Waals surface area contributed by atoms with Gasteiger partial charge in [-0.3, -0.25) is 15.2 Å². The summed E-state index contributed by atoms with van der Waals surface area (Å²) in [4.78, 5) is 27.0. The largest absolute Gasteiger partial charge is 0.337 e. The Morgan fingerprint density at radius 1 is 1.05 bits per heavy atom. The first-order valence-corrected chi connectivity index (χ1v) is 6.47. The highest BCUT2D eigenvalue weighted by Gasteiger charge is 2.06. The van der Waals surface area contributed by atoms with Gasteiger partial charge in [0, 0.05) is 22.6 Å². The first-order valence-electron chi connectivity index (χ1n) is 5.68. The predicted molar refractivity (Wildman–Crippen MR) is 78.0 cm³/mol. The molecule has 6 nitrogen and oxygen atoms in total. The summed E-state index contributed by atoms with van der Waals surface area (Å²) in [5.74, 6) is -0.441. The molecule has 0 saturated heterocycles. The van der Waals surface area contributed by atoms with Gasteiger partial charge in [0.1, 0.15) is 0 Å². The zero-order chi connectivity index (χ0) is 14.4. The van der Waals surface area contributed by atoms with Crippen molar-refractivity contribution in [2.45, 2.75) is 0 Å². The summed E-state index contributed by atoms with van der Waals surface area (Å²) >= 11 is 3.30. The molecule has 0 saturated carbocycles. The van der Waals surface area contributed by atoms with Crippen LogP contribution in [0, 0.1) is 0 Å². The molecule has 0 aliphatic rings. The molecular formula is C13H11BrN4O2. The second-order valence-electron chi connectivity index (χ2n) is 3.78. The lowest BCUT2D eigenvalue weighted by Crippen LogP contribution is -2.43. The molecule has 0 fully saturated rings. The number of anilines is 1. The minimum atomic E-state index is -0.537. The van der Waals surface area contributed by atoms with Crippen LogP contribution in [0.3, 0.4) is 0 Å². The van der Waals surface area contributed by atoms with Gasteiger partial charge in [0.15, 0.2) is 0 Å². The maximum atomic E-state index is 11.6. The number of urea groups is 1. The second kappa shape index (κ2) is 6.67. The zero-order valence-electron chi connectivity index (χ0n) is 10.3. The van der Waals surface area contributed by atoms with Crippen molar-refractivity contribution in [3.63, 3.8) is 0 Å². The molecule has 0 bridgehead atoms. The van der Waals surface area contributed by atoms with E-state index >= 15 is 0 Å². The summed E-state index contributed by atoms with van der Waals surface area (Å²) in [6.07, 6.45) is 2.97. The SMILES string of the molecule is O=C(NNC(=O)c1cccnc1)Nc1ccc(Br)cc1. The number of hydrogen-bond donors (Lipinski definition) is 3. The lowest BCUT2D eigenvalue weighted by atomic mass is 10.3. The molecule has 0 radical (unpaired) electrons. The Bertz CT molecular complexity index is 602. The van der Waals surface area contributed by atoms with Crippen LogP contribution in [0.15, 0.2) is 53.3 Å². The zero-order valence-corrected chi connectivity index (χ0v) is 11.8. The van der Waals surface area contributed by atoms with Gasteiger partial charge >= 0.3 is 6.03 Å². The standard InChI is InChI=1S/C13H11BrN4O2/c14-10-3-5-11(6-4-10)16-13(20)18-17-12(19)9-2-1-7-15-8-9/h1-8H,(H,17,19)(H2,16,18,20). The van der Waals surface area contributed by atoms with Crippen LogP contribution in [0.25, 0.3) is 0 Å². The number of halogens is 1. The van der Waals surface area contributed by atoms with Gasteiger partial charge in [-0.25, -0.2) is 10.2 Å². The molecule has 20 heavy (non-hydrogen) atoms. The number of rotatable bonds is 2. The van der Waals surface area contributed by atoms with Gasteiger partial charge < -0.3 is 5.32 Å². The van der Waals surface area contributed by atoms with E-state index < -0.39 is 11.9 Å². The number of hydrogen-bond acceptors (Lipinski definition) is 3. The van der Waals surface area contributed by atoms with Crippen molar-refractivity contribution in [2.24, 2.45) is 0 Å². The summed E-state index contributed by atoms with van der Waals surface area (Å²) in [6, 6.07) is 9.74. The van der Waals surface area contributed by atoms with E-state index in [1.165, 1.54) is 6.20 Å². The van der Waals surface area contributed by atoms with Crippen molar-refractivity contribution in [1.82, 2.24) is 15.8 Å². The van der Waals surface area contributed by atoms with Crippen LogP contribution in [0.5, 0.6) is 0 Å². The van der Waals surface area contributed by atoms with E-state index in [0.717, 1.165) is 4.47 Å². The Morgan fingerprint density at radius 2 is 1.80 bits per heavy atom. The average molecular weight is 335 g/mol. The van der Waals surface area contributed by atoms with Crippen LogP contribution in [-0.4, -0.2) is 16.9 Å². The number of hydrazine groups is 1. The van der Waals surface area contributed by atoms with Crippen molar-refractivity contribution in [1.29, 1.82) is 0 Å². The number of nitrogens with zero attached hydrogens (tertiary/aromatic N) is 1. The molecule has 0 aliphatic carbocycles. The number of aromatic nitrogens is 1. The Balaban J connectivity index is 1.83. The van der Waals surface area contributed by atoms with Gasteiger partial charge in [-0.15, -0.1) is 0 Å². The van der Waals surface area contributed by atoms with E-state index in [9.17, 15) is 9.59 Å². The summed E-state index contributed by atoms with van der Waals surface area (Å²) in [6.45, 7) is 0. The first-order chi connectivity index (χ1) is 9.65. The van der Waals surface area contributed by atoms with E-state index in [0.29, 0.717) is 11.3 Å². The minimum absolute atomic E-state index is 0.358. The van der Waals surface area contributed by atoms with Crippen LogP contribution in [0.1, 0.15) is 10.4 Å². The van der Waals surface area contributed by atoms with Gasteiger partial charge in [-0.2, -0.15) is 0 Å². The van der Waals surface area contributed by atoms with E-state index in [-0.39, 0.29) is 0 Å². The highest BCUT2D eigenvalue weighted by molar-refractivity contribution is 9.10. The number of benzene rings is 1. The van der Waals surface area contributed by atoms with Gasteiger partial charge in [0.25, 0.3) is 5.91 Å². The van der Waals surface area contributed by atoms with Gasteiger partial charge in [0.05, 0.1) is 5.56 Å². The number of carbonyl (C=O) groups is 2. The molecule has 0 unspecified atom stereocenters. The third-order valence-corrected chi connectivity index (χ3v) is 2.84. The summed E-state index contributed by atoms with van der Waals surface area (Å²) in [5.41, 5.74) is 5.51. The van der Waals surface area contributed by atoms with Gasteiger partial charge in [-0.05, 0) is 36.4 Å². The highest BCUT2D eigenvalue weighted by atomic mass is 79.9. The molecule has 1 aromatic carbocycles. The molecule has 102 valence electrons. The summed E-state index contributed by atoms with van der Waals surface area (Å²) in [7, 11) is 0. The Labute approximate surface area is 123 Å². The van der Waals surface area contributed by atoms with Crippen LogP contribution in [0.4, 0.5) is 10.5 Å². The van der Waals surface area contributed by atoms with E-state index in [1.807, 2.05) is 0 Å². The van der Waals surface area contributed by atoms with Crippen LogP contribution in [0.2, 0.25) is 0 Å². The van der Waals surface area contributed by atoms with Crippen LogP contribution < -0.4 is 16.2 Å². The fraction of sp³-hybridized carbons (Fsp3) is 0. The summed E-state index contributed by atoms with van der Waals surface area (Å²) in [5, 5.41) is 2.57. The lowest BCUT2D eigenvalue weighted by Gasteiger charge is -2.08. The third kappa shape index (κ3) is 4.06. The first kappa shape index (κ1) is 14.0. The molecule has 3 amide bonds. The van der Waals surface area contributed by atoms with Gasteiger partial charge in [0.2, 0.25) is 0 Å². The normalized spacial score (nSPS) is 9.65. The monoisotopic (exact) mass is 334 g/mol. The third-order valence-electron chi connectivity index (χ3n) is 2.32. The van der Waals surface area contributed by atoms with Crippen molar-refractivity contribution < 1.29 is 9.59 Å². The van der Waals surface area contributed by atoms with Crippen LogP contribution >= 0.6 is 15.9 Å². The van der Waals surface area contributed by atoms with E-state index in [1.54, 1.807) is 42.6 Å². The van der Waals surface area contributed by atoms with Crippen molar-refractivity contribution in [2.75, 3.05) is 5.32 Å². The summed E-state index contributed by atoms with van der Waals surface area (Å²) < 4.78 is 0.910. The predicted octanol–water partition coefficient (Wildman–Crippen LogP) is 2.31. The van der Waals surface area contributed by atoms with E-state index in [2.05, 4.69) is 37.1 Å². The second-order valence-corrected chi connectivity index (χ2v) is 4.70. The van der Waals surface area contributed by atoms with Crippen molar-refractivity contribution in [3.05, 3.63) is 58.8 Å². The maximum Gasteiger partial charge on any atom is 0.337 e. The molecule has 7 heteroatoms. The molecule has 0 spiro atoms. The molecule has 2 rings (SSSR count). The van der Waals surface area contributed by atoms with Crippen molar-refractivity contribution in [3.8, 4) is 0 Å². The molecule has 2 aromatic rings. The Morgan fingerprint density at radius 3 is 2.45 bits per heavy atom. The van der Waals surface area contributed by atoms with Crippen LogP contribution in [-0.2, 0) is 0 Å². The van der Waals surface area contributed by atoms with E-state index in [4.69, 9.17) is 0 Å². The van der Waals surface area contributed by atoms with Crippen molar-refractivity contribution >= 4 is 33.6 Å². The lowest BCUT2D eigenvalue weighted by molar-refractivity contribution is 0.0937. The number of pyridine rings is 1. The Kier molecular flexibility index (Phi) is 4.67. The number of carbonyl (C=O) groups excluding carboxylic acids is 2. The fourth-order valence-corrected chi connectivity index (χ4v) is 1.64. The minimum Gasteiger partial charge on any atom is -0.307 e. The topological polar surface area (TPSA) is 83.1 Å². The Hall–Kier alpha value is -2.41. The smallest absolute Gasteiger partial charge is 0.307 e. The highest BCUT2D eigenvalue weighted by Crippen LogP contribution is 2.13. The fourth-order valence-electron chi connectivity index (χ4n) is 1.38. The molecule has 0 atom stereocenters. The quantitative estimate of drug-likeness (QED) is 0.737. The molecule has 0 aliphatic heterocycles. The molecule has 3 N–H and O–H groups in total. The number of amides is 3. The number of nitrogens with one attached hydrogen (secondary N) is 3. The molecular weight excluding hydrogens is 324 g/mol.